The summed E-state index contributed by atoms with van der Waals surface area (Å²) in [5.74, 6) is -3.65. The molecule has 6 heteroatoms. The average molecular weight is 273 g/mol. The summed E-state index contributed by atoms with van der Waals surface area (Å²) in [6, 6.07) is 3.26. The van der Waals surface area contributed by atoms with Gasteiger partial charge >= 0.3 is 0 Å². The molecule has 1 aromatic heterocycles. The highest BCUT2D eigenvalue weighted by Crippen LogP contribution is 2.26. The van der Waals surface area contributed by atoms with Gasteiger partial charge in [-0.05, 0) is 12.1 Å². The molecule has 1 heterocycles. The molecule has 18 heavy (non-hydrogen) atoms. The number of halogens is 4. The van der Waals surface area contributed by atoms with Gasteiger partial charge in [-0.1, -0.05) is 18.5 Å². The SMILES string of the molecule is CCc1nc(Cl)cc(-c2ccc(F)c(F)c2F)n1. The van der Waals surface area contributed by atoms with Crippen molar-refractivity contribution in [1.82, 2.24) is 9.97 Å². The fraction of sp³-hybridized carbons (Fsp3) is 0.167. The Morgan fingerprint density at radius 3 is 2.50 bits per heavy atom. The monoisotopic (exact) mass is 272 g/mol. The molecule has 0 aliphatic rings. The molecular formula is C12H8ClF3N2. The number of hydrogen-bond donors (Lipinski definition) is 0. The lowest BCUT2D eigenvalue weighted by atomic mass is 10.1. The van der Waals surface area contributed by atoms with Gasteiger partial charge in [0.25, 0.3) is 0 Å². The molecule has 0 N–H and O–H groups in total. The second-order valence-electron chi connectivity index (χ2n) is 3.57. The molecule has 0 bridgehead atoms. The third-order valence-corrected chi connectivity index (χ3v) is 2.56. The van der Waals surface area contributed by atoms with E-state index in [0.29, 0.717) is 12.2 Å². The molecule has 0 fully saturated rings. The van der Waals surface area contributed by atoms with Crippen LogP contribution in [0.5, 0.6) is 0 Å². The first kappa shape index (κ1) is 12.8. The van der Waals surface area contributed by atoms with Gasteiger partial charge < -0.3 is 0 Å². The lowest BCUT2D eigenvalue weighted by Gasteiger charge is -2.06. The molecular weight excluding hydrogens is 265 g/mol. The second kappa shape index (κ2) is 4.94. The van der Waals surface area contributed by atoms with Crippen LogP contribution in [0.4, 0.5) is 13.2 Å². The third kappa shape index (κ3) is 2.31. The molecule has 0 spiro atoms. The lowest BCUT2D eigenvalue weighted by molar-refractivity contribution is 0.449. The van der Waals surface area contributed by atoms with E-state index >= 15 is 0 Å². The molecule has 0 aliphatic carbocycles. The summed E-state index contributed by atoms with van der Waals surface area (Å²) >= 11 is 5.76. The second-order valence-corrected chi connectivity index (χ2v) is 3.96. The van der Waals surface area contributed by atoms with E-state index in [1.807, 2.05) is 0 Å². The van der Waals surface area contributed by atoms with Crippen molar-refractivity contribution in [3.05, 3.63) is 46.6 Å². The maximum Gasteiger partial charge on any atom is 0.195 e. The van der Waals surface area contributed by atoms with Crippen LogP contribution in [0.15, 0.2) is 18.2 Å². The zero-order valence-corrected chi connectivity index (χ0v) is 10.1. The smallest absolute Gasteiger partial charge is 0.195 e. The number of hydrogen-bond acceptors (Lipinski definition) is 2. The van der Waals surface area contributed by atoms with Crippen LogP contribution in [-0.4, -0.2) is 9.97 Å². The minimum atomic E-state index is -1.53. The Labute approximate surface area is 106 Å². The molecule has 0 atom stereocenters. The topological polar surface area (TPSA) is 25.8 Å². The van der Waals surface area contributed by atoms with Crippen LogP contribution in [0.3, 0.4) is 0 Å². The Hall–Kier alpha value is -1.62. The highest BCUT2D eigenvalue weighted by Gasteiger charge is 2.16. The molecule has 2 rings (SSSR count). The molecule has 0 unspecified atom stereocenters. The number of rotatable bonds is 2. The van der Waals surface area contributed by atoms with Crippen molar-refractivity contribution >= 4 is 11.6 Å². The Morgan fingerprint density at radius 1 is 1.11 bits per heavy atom. The Kier molecular flexibility index (Phi) is 3.52. The standard InChI is InChI=1S/C12H8ClF3N2/c1-2-10-17-8(5-9(13)18-10)6-3-4-7(14)12(16)11(6)15/h3-5H,2H2,1H3. The van der Waals surface area contributed by atoms with Crippen molar-refractivity contribution in [2.24, 2.45) is 0 Å². The fourth-order valence-electron chi connectivity index (χ4n) is 1.48. The zero-order valence-electron chi connectivity index (χ0n) is 9.35. The van der Waals surface area contributed by atoms with Crippen molar-refractivity contribution in [2.75, 3.05) is 0 Å². The predicted molar refractivity (Wildman–Crippen MR) is 61.7 cm³/mol. The summed E-state index contributed by atoms with van der Waals surface area (Å²) in [4.78, 5) is 7.94. The van der Waals surface area contributed by atoms with Crippen LogP contribution in [0, 0.1) is 17.5 Å². The van der Waals surface area contributed by atoms with E-state index < -0.39 is 17.5 Å². The van der Waals surface area contributed by atoms with Crippen molar-refractivity contribution in [3.63, 3.8) is 0 Å². The number of aryl methyl sites for hydroxylation is 1. The fourth-order valence-corrected chi connectivity index (χ4v) is 1.69. The van der Waals surface area contributed by atoms with E-state index in [4.69, 9.17) is 11.6 Å². The molecule has 2 nitrogen and oxygen atoms in total. The van der Waals surface area contributed by atoms with Gasteiger partial charge in [0.05, 0.1) is 5.69 Å². The molecule has 0 saturated carbocycles. The van der Waals surface area contributed by atoms with E-state index in [1.165, 1.54) is 6.07 Å². The number of aromatic nitrogens is 2. The normalized spacial score (nSPS) is 10.7. The van der Waals surface area contributed by atoms with Gasteiger partial charge in [-0.15, -0.1) is 0 Å². The first-order valence-electron chi connectivity index (χ1n) is 5.20. The molecule has 0 radical (unpaired) electrons. The van der Waals surface area contributed by atoms with Crippen molar-refractivity contribution < 1.29 is 13.2 Å². The first-order valence-corrected chi connectivity index (χ1v) is 5.58. The quantitative estimate of drug-likeness (QED) is 0.614. The minimum Gasteiger partial charge on any atom is -0.233 e. The van der Waals surface area contributed by atoms with Crippen LogP contribution in [0.2, 0.25) is 5.15 Å². The van der Waals surface area contributed by atoms with Crippen LogP contribution in [0.25, 0.3) is 11.3 Å². The summed E-state index contributed by atoms with van der Waals surface area (Å²) in [5.41, 5.74) is -0.0175. The van der Waals surface area contributed by atoms with Crippen molar-refractivity contribution in [3.8, 4) is 11.3 Å². The maximum absolute atomic E-state index is 13.6. The lowest BCUT2D eigenvalue weighted by Crippen LogP contribution is -1.99. The van der Waals surface area contributed by atoms with Crippen LogP contribution in [0.1, 0.15) is 12.7 Å². The molecule has 94 valence electrons. The highest BCUT2D eigenvalue weighted by atomic mass is 35.5. The zero-order chi connectivity index (χ0) is 13.3. The molecule has 0 saturated heterocycles. The van der Waals surface area contributed by atoms with Gasteiger partial charge in [-0.25, -0.2) is 23.1 Å². The summed E-state index contributed by atoms with van der Waals surface area (Å²) in [7, 11) is 0. The van der Waals surface area contributed by atoms with E-state index in [0.717, 1.165) is 12.1 Å². The van der Waals surface area contributed by atoms with Crippen LogP contribution >= 0.6 is 11.6 Å². The summed E-state index contributed by atoms with van der Waals surface area (Å²) in [6.07, 6.45) is 0.499. The van der Waals surface area contributed by atoms with Gasteiger partial charge in [-0.3, -0.25) is 0 Å². The summed E-state index contributed by atoms with van der Waals surface area (Å²) in [5, 5.41) is 0.126. The number of benzene rings is 1. The summed E-state index contributed by atoms with van der Waals surface area (Å²) < 4.78 is 39.6. The van der Waals surface area contributed by atoms with Crippen molar-refractivity contribution in [1.29, 1.82) is 0 Å². The van der Waals surface area contributed by atoms with Crippen LogP contribution < -0.4 is 0 Å². The van der Waals surface area contributed by atoms with E-state index in [9.17, 15) is 13.2 Å². The Morgan fingerprint density at radius 2 is 1.83 bits per heavy atom. The van der Waals surface area contributed by atoms with E-state index in [1.54, 1.807) is 6.92 Å². The average Bonchev–Trinajstić information content (AvgIpc) is 2.35. The van der Waals surface area contributed by atoms with E-state index in [2.05, 4.69) is 9.97 Å². The number of nitrogens with zero attached hydrogens (tertiary/aromatic N) is 2. The first-order chi connectivity index (χ1) is 8.52. The highest BCUT2D eigenvalue weighted by molar-refractivity contribution is 6.29. The minimum absolute atomic E-state index is 0.126. The largest absolute Gasteiger partial charge is 0.233 e. The maximum atomic E-state index is 13.6. The van der Waals surface area contributed by atoms with Gasteiger partial charge in [0.1, 0.15) is 11.0 Å². The van der Waals surface area contributed by atoms with Gasteiger partial charge in [0.15, 0.2) is 17.5 Å². The molecule has 2 aromatic rings. The van der Waals surface area contributed by atoms with Crippen molar-refractivity contribution in [2.45, 2.75) is 13.3 Å². The Bertz CT molecular complexity index is 602. The predicted octanol–water partition coefficient (Wildman–Crippen LogP) is 3.78. The van der Waals surface area contributed by atoms with Crippen LogP contribution in [-0.2, 0) is 6.42 Å². The van der Waals surface area contributed by atoms with E-state index in [-0.39, 0.29) is 16.4 Å². The van der Waals surface area contributed by atoms with Gasteiger partial charge in [0, 0.05) is 18.1 Å². The van der Waals surface area contributed by atoms with Gasteiger partial charge in [-0.2, -0.15) is 0 Å². The molecule has 0 amide bonds. The van der Waals surface area contributed by atoms with Gasteiger partial charge in [0.2, 0.25) is 0 Å². The molecule has 0 aliphatic heterocycles. The summed E-state index contributed by atoms with van der Waals surface area (Å²) in [6.45, 7) is 1.80. The molecule has 1 aromatic carbocycles. The third-order valence-electron chi connectivity index (χ3n) is 2.37. The Balaban J connectivity index is 2.62.